The number of aromatic nitrogens is 4. The van der Waals surface area contributed by atoms with Crippen LogP contribution in [0.25, 0.3) is 16.7 Å². The first-order valence-electron chi connectivity index (χ1n) is 9.41. The summed E-state index contributed by atoms with van der Waals surface area (Å²) in [6.45, 7) is 7.22. The summed E-state index contributed by atoms with van der Waals surface area (Å²) in [7, 11) is 1.46. The third-order valence-corrected chi connectivity index (χ3v) is 4.84. The summed E-state index contributed by atoms with van der Waals surface area (Å²) in [6.07, 6.45) is -0.438. The van der Waals surface area contributed by atoms with Gasteiger partial charge in [-0.15, -0.1) is 0 Å². The zero-order chi connectivity index (χ0) is 23.2. The molecule has 164 valence electrons. The van der Waals surface area contributed by atoms with Crippen LogP contribution in [0, 0.1) is 0 Å². The normalized spacial score (nSPS) is 11.6. The third kappa shape index (κ3) is 3.58. The quantitative estimate of drug-likeness (QED) is 0.593. The molecule has 2 aromatic heterocycles. The molecule has 2 N–H and O–H groups in total. The SMILES string of the molecule is CCOC(=O)c1cn(-c2cc(C(C)(C)C)c3c(c2)n(C(=O)O)c(=O)n3C)c(=O)[nH]c1=O. The fraction of sp³-hybridized carbons (Fsp3) is 0.350. The predicted octanol–water partition coefficient (Wildman–Crippen LogP) is 1.18. The maximum absolute atomic E-state index is 12.6. The fourth-order valence-electron chi connectivity index (χ4n) is 3.39. The molecule has 0 aliphatic carbocycles. The zero-order valence-electron chi connectivity index (χ0n) is 17.7. The number of H-pyrrole nitrogens is 1. The smallest absolute Gasteiger partial charge is 0.420 e. The van der Waals surface area contributed by atoms with Gasteiger partial charge in [0.1, 0.15) is 5.56 Å². The molecule has 0 spiro atoms. The van der Waals surface area contributed by atoms with Crippen LogP contribution in [-0.4, -0.2) is 42.5 Å². The predicted molar refractivity (Wildman–Crippen MR) is 111 cm³/mol. The van der Waals surface area contributed by atoms with E-state index in [0.717, 1.165) is 10.8 Å². The lowest BCUT2D eigenvalue weighted by atomic mass is 9.85. The molecule has 0 saturated carbocycles. The van der Waals surface area contributed by atoms with E-state index < -0.39 is 34.4 Å². The van der Waals surface area contributed by atoms with Crippen LogP contribution in [0.1, 0.15) is 43.6 Å². The van der Waals surface area contributed by atoms with E-state index in [1.54, 1.807) is 13.0 Å². The average molecular weight is 430 g/mol. The summed E-state index contributed by atoms with van der Waals surface area (Å²) in [5, 5.41) is 9.57. The van der Waals surface area contributed by atoms with Crippen molar-refractivity contribution in [3.05, 3.63) is 60.8 Å². The molecule has 11 heteroatoms. The van der Waals surface area contributed by atoms with Crippen molar-refractivity contribution in [2.24, 2.45) is 7.05 Å². The maximum atomic E-state index is 12.6. The van der Waals surface area contributed by atoms with E-state index in [1.807, 2.05) is 20.8 Å². The van der Waals surface area contributed by atoms with Gasteiger partial charge in [-0.05, 0) is 30.0 Å². The van der Waals surface area contributed by atoms with Crippen LogP contribution in [0.2, 0.25) is 0 Å². The van der Waals surface area contributed by atoms with E-state index in [2.05, 4.69) is 4.98 Å². The zero-order valence-corrected chi connectivity index (χ0v) is 17.7. The highest BCUT2D eigenvalue weighted by atomic mass is 16.5. The van der Waals surface area contributed by atoms with Crippen molar-refractivity contribution < 1.29 is 19.4 Å². The molecule has 0 bridgehead atoms. The van der Waals surface area contributed by atoms with Crippen molar-refractivity contribution in [1.82, 2.24) is 18.7 Å². The molecule has 11 nitrogen and oxygen atoms in total. The van der Waals surface area contributed by atoms with Crippen molar-refractivity contribution in [1.29, 1.82) is 0 Å². The lowest BCUT2D eigenvalue weighted by molar-refractivity contribution is 0.0523. The van der Waals surface area contributed by atoms with Crippen molar-refractivity contribution in [3.8, 4) is 5.69 Å². The summed E-state index contributed by atoms with van der Waals surface area (Å²) < 4.78 is 7.67. The fourth-order valence-corrected chi connectivity index (χ4v) is 3.39. The second kappa shape index (κ2) is 7.42. The second-order valence-corrected chi connectivity index (χ2v) is 7.96. The van der Waals surface area contributed by atoms with Gasteiger partial charge >= 0.3 is 23.4 Å². The number of rotatable bonds is 3. The van der Waals surface area contributed by atoms with Crippen molar-refractivity contribution in [2.75, 3.05) is 6.61 Å². The second-order valence-electron chi connectivity index (χ2n) is 7.96. The molecule has 0 saturated heterocycles. The lowest BCUT2D eigenvalue weighted by Crippen LogP contribution is -2.33. The molecule has 31 heavy (non-hydrogen) atoms. The molecule has 0 fully saturated rings. The molecular weight excluding hydrogens is 408 g/mol. The number of ether oxygens (including phenoxy) is 1. The highest BCUT2D eigenvalue weighted by Crippen LogP contribution is 2.31. The van der Waals surface area contributed by atoms with Crippen LogP contribution in [-0.2, 0) is 17.2 Å². The number of nitrogens with zero attached hydrogens (tertiary/aromatic N) is 3. The van der Waals surface area contributed by atoms with E-state index >= 15 is 0 Å². The van der Waals surface area contributed by atoms with Crippen LogP contribution in [0.5, 0.6) is 0 Å². The molecular formula is C20H22N4O7. The first-order chi connectivity index (χ1) is 14.4. The van der Waals surface area contributed by atoms with Gasteiger partial charge in [-0.3, -0.25) is 18.9 Å². The molecule has 0 unspecified atom stereocenters. The number of aromatic amines is 1. The van der Waals surface area contributed by atoms with Gasteiger partial charge in [0.25, 0.3) is 5.56 Å². The van der Waals surface area contributed by atoms with Gasteiger partial charge in [-0.2, -0.15) is 4.57 Å². The van der Waals surface area contributed by atoms with Gasteiger partial charge in [0, 0.05) is 13.2 Å². The van der Waals surface area contributed by atoms with E-state index in [4.69, 9.17) is 4.74 Å². The number of carbonyl (C=O) groups is 2. The van der Waals surface area contributed by atoms with Crippen molar-refractivity contribution >= 4 is 23.1 Å². The summed E-state index contributed by atoms with van der Waals surface area (Å²) in [5.41, 5.74) is -2.20. The van der Waals surface area contributed by atoms with E-state index in [0.29, 0.717) is 15.6 Å². The minimum atomic E-state index is -1.48. The Morgan fingerprint density at radius 1 is 1.16 bits per heavy atom. The summed E-state index contributed by atoms with van der Waals surface area (Å²) in [4.78, 5) is 63.1. The number of carboxylic acid groups (broad SMARTS) is 1. The van der Waals surface area contributed by atoms with E-state index in [9.17, 15) is 29.1 Å². The summed E-state index contributed by atoms with van der Waals surface area (Å²) >= 11 is 0. The Morgan fingerprint density at radius 2 is 1.81 bits per heavy atom. The highest BCUT2D eigenvalue weighted by Gasteiger charge is 2.26. The Balaban J connectivity index is 2.46. The van der Waals surface area contributed by atoms with Crippen LogP contribution in [0.4, 0.5) is 4.79 Å². The Bertz CT molecular complexity index is 1400. The number of hydrogen-bond acceptors (Lipinski definition) is 6. The average Bonchev–Trinajstić information content (AvgIpc) is 2.91. The Hall–Kier alpha value is -3.89. The molecule has 3 rings (SSSR count). The highest BCUT2D eigenvalue weighted by molar-refractivity contribution is 5.91. The largest absolute Gasteiger partial charge is 0.464 e. The number of nitrogens with one attached hydrogen (secondary N) is 1. The Morgan fingerprint density at radius 3 is 2.35 bits per heavy atom. The number of hydrogen-bond donors (Lipinski definition) is 2. The summed E-state index contributed by atoms with van der Waals surface area (Å²) in [5.74, 6) is -0.906. The number of carbonyl (C=O) groups excluding carboxylic acids is 1. The molecule has 0 aliphatic rings. The molecule has 2 heterocycles. The first-order valence-corrected chi connectivity index (χ1v) is 9.41. The molecule has 1 aromatic carbocycles. The van der Waals surface area contributed by atoms with Gasteiger partial charge in [0.15, 0.2) is 0 Å². The molecule has 0 amide bonds. The third-order valence-electron chi connectivity index (χ3n) is 4.84. The maximum Gasteiger partial charge on any atom is 0.420 e. The number of benzene rings is 1. The molecule has 3 aromatic rings. The number of esters is 1. The molecule has 0 aliphatic heterocycles. The lowest BCUT2D eigenvalue weighted by Gasteiger charge is -2.22. The standard InChI is InChI=1S/C20H22N4O7/c1-6-31-16(26)11-9-23(17(27)21-15(11)25)10-7-12(20(2,3)4)14-13(8-10)24(19(29)30)18(28)22(14)5/h7-9H,6H2,1-5H3,(H,29,30)(H,21,25,27). The Labute approximate surface area is 175 Å². The van der Waals surface area contributed by atoms with Gasteiger partial charge < -0.3 is 9.84 Å². The van der Waals surface area contributed by atoms with Gasteiger partial charge in [-0.1, -0.05) is 20.8 Å². The van der Waals surface area contributed by atoms with E-state index in [-0.39, 0.29) is 23.4 Å². The van der Waals surface area contributed by atoms with Gasteiger partial charge in [0.2, 0.25) is 0 Å². The number of aryl methyl sites for hydroxylation is 1. The minimum absolute atomic E-state index is 0.0342. The van der Waals surface area contributed by atoms with Crippen molar-refractivity contribution in [3.63, 3.8) is 0 Å². The molecule has 0 radical (unpaired) electrons. The monoisotopic (exact) mass is 430 g/mol. The molecule has 0 atom stereocenters. The topological polar surface area (TPSA) is 145 Å². The van der Waals surface area contributed by atoms with Crippen LogP contribution >= 0.6 is 0 Å². The van der Waals surface area contributed by atoms with Gasteiger partial charge in [0.05, 0.1) is 23.3 Å². The van der Waals surface area contributed by atoms with Crippen LogP contribution in [0.3, 0.4) is 0 Å². The Kier molecular flexibility index (Phi) is 5.22. The number of fused-ring (bicyclic) bond motifs is 1. The first kappa shape index (κ1) is 21.8. The van der Waals surface area contributed by atoms with Crippen molar-refractivity contribution in [2.45, 2.75) is 33.1 Å². The van der Waals surface area contributed by atoms with Gasteiger partial charge in [-0.25, -0.2) is 19.2 Å². The summed E-state index contributed by atoms with van der Waals surface area (Å²) in [6, 6.07) is 2.96. The van der Waals surface area contributed by atoms with Crippen LogP contribution < -0.4 is 16.9 Å². The van der Waals surface area contributed by atoms with Crippen LogP contribution in [0.15, 0.2) is 32.7 Å². The number of imidazole rings is 1. The van der Waals surface area contributed by atoms with E-state index in [1.165, 1.54) is 17.7 Å². The minimum Gasteiger partial charge on any atom is -0.464 e.